The maximum absolute atomic E-state index is 13.1. The van der Waals surface area contributed by atoms with Gasteiger partial charge < -0.3 is 9.64 Å². The van der Waals surface area contributed by atoms with Gasteiger partial charge in [0.1, 0.15) is 0 Å². The zero-order chi connectivity index (χ0) is 18.6. The molecule has 5 heteroatoms. The minimum Gasteiger partial charge on any atom is -0.380 e. The number of hydrogen-bond donors (Lipinski definition) is 0. The molecule has 0 bridgehead atoms. The van der Waals surface area contributed by atoms with Gasteiger partial charge in [0.15, 0.2) is 0 Å². The van der Waals surface area contributed by atoms with Gasteiger partial charge in [-0.25, -0.2) is 0 Å². The van der Waals surface area contributed by atoms with Crippen molar-refractivity contribution in [1.82, 2.24) is 14.8 Å². The maximum atomic E-state index is 13.1. The minimum absolute atomic E-state index is 0.101. The first-order chi connectivity index (χ1) is 13.2. The van der Waals surface area contributed by atoms with Crippen molar-refractivity contribution >= 4 is 5.91 Å². The quantitative estimate of drug-likeness (QED) is 0.839. The molecular formula is C22H27N3O2. The summed E-state index contributed by atoms with van der Waals surface area (Å²) in [5.74, 6) is 0.583. The zero-order valence-corrected chi connectivity index (χ0v) is 15.9. The Hall–Kier alpha value is -2.24. The standard InChI is InChI=1S/C22H27N3O2/c1-17-20(8-5-10-23-17)22(26)25-11-9-19-16-27-13-12-24(21(19)15-25)14-18-6-3-2-4-7-18/h2-8,10,19,21H,9,11-16H2,1H3/t19-,21-/m1/s1. The molecule has 2 aliphatic rings. The first kappa shape index (κ1) is 18.1. The van der Waals surface area contributed by atoms with Crippen molar-refractivity contribution in [2.24, 2.45) is 5.92 Å². The fourth-order valence-electron chi connectivity index (χ4n) is 4.25. The average molecular weight is 365 g/mol. The van der Waals surface area contributed by atoms with Crippen molar-refractivity contribution in [2.45, 2.75) is 25.9 Å². The average Bonchev–Trinajstić information content (AvgIpc) is 2.90. The number of hydrogen-bond acceptors (Lipinski definition) is 4. The molecule has 1 amide bonds. The lowest BCUT2D eigenvalue weighted by Crippen LogP contribution is -2.54. The van der Waals surface area contributed by atoms with Gasteiger partial charge in [-0.3, -0.25) is 14.7 Å². The van der Waals surface area contributed by atoms with Gasteiger partial charge in [-0.2, -0.15) is 0 Å². The lowest BCUT2D eigenvalue weighted by molar-refractivity contribution is 0.0370. The molecule has 2 aliphatic heterocycles. The van der Waals surface area contributed by atoms with Crippen LogP contribution in [0.3, 0.4) is 0 Å². The predicted molar refractivity (Wildman–Crippen MR) is 104 cm³/mol. The number of carbonyl (C=O) groups is 1. The van der Waals surface area contributed by atoms with Gasteiger partial charge in [0.2, 0.25) is 0 Å². The molecule has 0 N–H and O–H groups in total. The van der Waals surface area contributed by atoms with Crippen LogP contribution in [0.4, 0.5) is 0 Å². The third-order valence-electron chi connectivity index (χ3n) is 5.80. The smallest absolute Gasteiger partial charge is 0.255 e. The number of ether oxygens (including phenoxy) is 1. The molecule has 0 unspecified atom stereocenters. The van der Waals surface area contributed by atoms with Crippen LogP contribution in [0, 0.1) is 12.8 Å². The summed E-state index contributed by atoms with van der Waals surface area (Å²) < 4.78 is 5.88. The number of rotatable bonds is 3. The van der Waals surface area contributed by atoms with E-state index < -0.39 is 0 Å². The molecule has 27 heavy (non-hydrogen) atoms. The number of amides is 1. The Labute approximate surface area is 161 Å². The molecule has 2 saturated heterocycles. The van der Waals surface area contributed by atoms with E-state index in [2.05, 4.69) is 40.2 Å². The number of nitrogens with zero attached hydrogens (tertiary/aromatic N) is 3. The highest BCUT2D eigenvalue weighted by molar-refractivity contribution is 5.95. The van der Waals surface area contributed by atoms with E-state index >= 15 is 0 Å². The number of carbonyl (C=O) groups excluding carboxylic acids is 1. The molecule has 0 radical (unpaired) electrons. The highest BCUT2D eigenvalue weighted by atomic mass is 16.5. The molecule has 2 atom stereocenters. The van der Waals surface area contributed by atoms with E-state index in [1.54, 1.807) is 6.20 Å². The summed E-state index contributed by atoms with van der Waals surface area (Å²) in [5, 5.41) is 0. The molecule has 2 fully saturated rings. The fraction of sp³-hybridized carbons (Fsp3) is 0.455. The molecular weight excluding hydrogens is 338 g/mol. The van der Waals surface area contributed by atoms with Gasteiger partial charge >= 0.3 is 0 Å². The number of likely N-dealkylation sites (tertiary alicyclic amines) is 1. The maximum Gasteiger partial charge on any atom is 0.255 e. The van der Waals surface area contributed by atoms with Crippen LogP contribution in [0.5, 0.6) is 0 Å². The highest BCUT2D eigenvalue weighted by Crippen LogP contribution is 2.27. The van der Waals surface area contributed by atoms with Gasteiger partial charge in [-0.15, -0.1) is 0 Å². The second-order valence-corrected chi connectivity index (χ2v) is 7.53. The summed E-state index contributed by atoms with van der Waals surface area (Å²) in [7, 11) is 0. The van der Waals surface area contributed by atoms with Gasteiger partial charge in [-0.1, -0.05) is 30.3 Å². The van der Waals surface area contributed by atoms with Crippen molar-refractivity contribution in [3.63, 3.8) is 0 Å². The van der Waals surface area contributed by atoms with Crippen molar-refractivity contribution in [2.75, 3.05) is 32.8 Å². The predicted octanol–water partition coefficient (Wildman–Crippen LogP) is 2.75. The van der Waals surface area contributed by atoms with Crippen LogP contribution in [-0.2, 0) is 11.3 Å². The van der Waals surface area contributed by atoms with Crippen LogP contribution in [0.1, 0.15) is 28.0 Å². The Morgan fingerprint density at radius 3 is 2.85 bits per heavy atom. The van der Waals surface area contributed by atoms with E-state index in [0.29, 0.717) is 12.0 Å². The Balaban J connectivity index is 1.53. The van der Waals surface area contributed by atoms with Gasteiger partial charge in [-0.05, 0) is 31.0 Å². The molecule has 3 heterocycles. The van der Waals surface area contributed by atoms with Gasteiger partial charge in [0.25, 0.3) is 5.91 Å². The van der Waals surface area contributed by atoms with Crippen molar-refractivity contribution in [1.29, 1.82) is 0 Å². The van der Waals surface area contributed by atoms with Crippen LogP contribution >= 0.6 is 0 Å². The lowest BCUT2D eigenvalue weighted by Gasteiger charge is -2.42. The number of aromatic nitrogens is 1. The van der Waals surface area contributed by atoms with E-state index in [1.165, 1.54) is 5.56 Å². The molecule has 1 aromatic carbocycles. The molecule has 142 valence electrons. The number of benzene rings is 1. The van der Waals surface area contributed by atoms with Crippen LogP contribution in [0.15, 0.2) is 48.7 Å². The Morgan fingerprint density at radius 2 is 2.04 bits per heavy atom. The topological polar surface area (TPSA) is 45.7 Å². The summed E-state index contributed by atoms with van der Waals surface area (Å²) >= 11 is 0. The molecule has 5 nitrogen and oxygen atoms in total. The third-order valence-corrected chi connectivity index (χ3v) is 5.80. The first-order valence-electron chi connectivity index (χ1n) is 9.79. The Kier molecular flexibility index (Phi) is 5.50. The largest absolute Gasteiger partial charge is 0.380 e. The zero-order valence-electron chi connectivity index (χ0n) is 15.9. The van der Waals surface area contributed by atoms with E-state index in [-0.39, 0.29) is 5.91 Å². The van der Waals surface area contributed by atoms with E-state index in [9.17, 15) is 4.79 Å². The molecule has 4 rings (SSSR count). The Bertz CT molecular complexity index is 780. The number of piperidine rings is 1. The normalized spacial score (nSPS) is 23.5. The van der Waals surface area contributed by atoms with Crippen LogP contribution < -0.4 is 0 Å². The lowest BCUT2D eigenvalue weighted by atomic mass is 9.90. The summed E-state index contributed by atoms with van der Waals surface area (Å²) in [4.78, 5) is 21.9. The van der Waals surface area contributed by atoms with Crippen LogP contribution in [0.2, 0.25) is 0 Å². The molecule has 0 spiro atoms. The van der Waals surface area contributed by atoms with E-state index in [0.717, 1.165) is 57.1 Å². The third kappa shape index (κ3) is 4.04. The summed E-state index contributed by atoms with van der Waals surface area (Å²) in [6, 6.07) is 14.6. The molecule has 0 saturated carbocycles. The number of aryl methyl sites for hydroxylation is 1. The van der Waals surface area contributed by atoms with Crippen molar-refractivity contribution < 1.29 is 9.53 Å². The van der Waals surface area contributed by atoms with Crippen LogP contribution in [-0.4, -0.2) is 59.6 Å². The van der Waals surface area contributed by atoms with Gasteiger partial charge in [0.05, 0.1) is 18.8 Å². The molecule has 1 aromatic heterocycles. The highest BCUT2D eigenvalue weighted by Gasteiger charge is 2.37. The van der Waals surface area contributed by atoms with Crippen molar-refractivity contribution in [3.8, 4) is 0 Å². The second kappa shape index (κ2) is 8.19. The van der Waals surface area contributed by atoms with Gasteiger partial charge in [0, 0.05) is 50.0 Å². The molecule has 2 aromatic rings. The Morgan fingerprint density at radius 1 is 1.19 bits per heavy atom. The molecule has 0 aliphatic carbocycles. The van der Waals surface area contributed by atoms with E-state index in [1.807, 2.05) is 24.0 Å². The monoisotopic (exact) mass is 365 g/mol. The van der Waals surface area contributed by atoms with E-state index in [4.69, 9.17) is 4.74 Å². The van der Waals surface area contributed by atoms with Crippen molar-refractivity contribution in [3.05, 3.63) is 65.5 Å². The summed E-state index contributed by atoms with van der Waals surface area (Å²) in [6.07, 6.45) is 2.73. The number of pyridine rings is 1. The minimum atomic E-state index is 0.101. The summed E-state index contributed by atoms with van der Waals surface area (Å²) in [6.45, 7) is 6.81. The fourth-order valence-corrected chi connectivity index (χ4v) is 4.25. The number of fused-ring (bicyclic) bond motifs is 1. The SMILES string of the molecule is Cc1ncccc1C(=O)N1CC[C@@H]2COCCN(Cc3ccccc3)[C@@H]2C1. The summed E-state index contributed by atoms with van der Waals surface area (Å²) in [5.41, 5.74) is 2.83. The van der Waals surface area contributed by atoms with Crippen LogP contribution in [0.25, 0.3) is 0 Å². The first-order valence-corrected chi connectivity index (χ1v) is 9.79. The second-order valence-electron chi connectivity index (χ2n) is 7.53.